The fourth-order valence-electron chi connectivity index (χ4n) is 1.74. The highest BCUT2D eigenvalue weighted by Crippen LogP contribution is 2.17. The molecule has 98 valence electrons. The van der Waals surface area contributed by atoms with E-state index < -0.39 is 0 Å². The van der Waals surface area contributed by atoms with Crippen LogP contribution in [-0.2, 0) is 0 Å². The van der Waals surface area contributed by atoms with Crippen molar-refractivity contribution in [3.63, 3.8) is 0 Å². The minimum absolute atomic E-state index is 0.111. The fraction of sp³-hybridized carbons (Fsp3) is 0.143. The second-order valence-corrected chi connectivity index (χ2v) is 4.59. The maximum atomic E-state index is 12.1. The van der Waals surface area contributed by atoms with E-state index in [4.69, 9.17) is 17.3 Å². The smallest absolute Gasteiger partial charge is 0.254 e. The Kier molecular flexibility index (Phi) is 4.02. The van der Waals surface area contributed by atoms with Gasteiger partial charge in [0, 0.05) is 0 Å². The molecule has 0 radical (unpaired) electrons. The van der Waals surface area contributed by atoms with Crippen molar-refractivity contribution >= 4 is 23.2 Å². The first-order valence-electron chi connectivity index (χ1n) is 5.84. The number of amides is 1. The summed E-state index contributed by atoms with van der Waals surface area (Å²) in [5.74, 6) is -0.266. The molecule has 0 aliphatic rings. The Morgan fingerprint density at radius 2 is 2.05 bits per heavy atom. The normalized spacial score (nSPS) is 11.9. The van der Waals surface area contributed by atoms with Crippen LogP contribution in [0.2, 0.25) is 5.15 Å². The van der Waals surface area contributed by atoms with E-state index in [1.54, 1.807) is 0 Å². The van der Waals surface area contributed by atoms with Crippen molar-refractivity contribution in [2.45, 2.75) is 13.0 Å². The lowest BCUT2D eigenvalue weighted by Gasteiger charge is -2.15. The van der Waals surface area contributed by atoms with Crippen LogP contribution in [0.15, 0.2) is 42.6 Å². The lowest BCUT2D eigenvalue weighted by molar-refractivity contribution is 0.0940. The van der Waals surface area contributed by atoms with E-state index in [0.29, 0.717) is 11.3 Å². The monoisotopic (exact) mass is 275 g/mol. The van der Waals surface area contributed by atoms with Gasteiger partial charge in [-0.05, 0) is 18.6 Å². The summed E-state index contributed by atoms with van der Waals surface area (Å²) in [6, 6.07) is 11.0. The number of nitrogens with two attached hydrogens (primary N) is 1. The number of pyridine rings is 1. The molecule has 1 heterocycles. The Morgan fingerprint density at radius 3 is 2.74 bits per heavy atom. The van der Waals surface area contributed by atoms with E-state index in [1.807, 2.05) is 37.3 Å². The van der Waals surface area contributed by atoms with E-state index in [9.17, 15) is 4.79 Å². The highest BCUT2D eigenvalue weighted by molar-refractivity contribution is 6.29. The molecule has 1 amide bonds. The van der Waals surface area contributed by atoms with E-state index >= 15 is 0 Å². The molecule has 1 aromatic carbocycles. The molecule has 1 atom stereocenters. The molecule has 0 aliphatic carbocycles. The standard InChI is InChI=1S/C14H14ClN3O/c1-9(10-5-3-2-4-6-10)18-14(19)11-7-13(15)17-8-12(11)16/h2-9H,16H2,1H3,(H,18,19). The third kappa shape index (κ3) is 3.23. The Morgan fingerprint density at radius 1 is 1.37 bits per heavy atom. The summed E-state index contributed by atoms with van der Waals surface area (Å²) in [6.45, 7) is 1.91. The molecule has 0 fully saturated rings. The number of benzene rings is 1. The van der Waals surface area contributed by atoms with Crippen LogP contribution in [-0.4, -0.2) is 10.9 Å². The number of hydrogen-bond acceptors (Lipinski definition) is 3. The first-order valence-corrected chi connectivity index (χ1v) is 6.22. The van der Waals surface area contributed by atoms with Gasteiger partial charge < -0.3 is 11.1 Å². The third-order valence-electron chi connectivity index (χ3n) is 2.79. The number of nitrogens with one attached hydrogen (secondary N) is 1. The van der Waals surface area contributed by atoms with Crippen molar-refractivity contribution in [3.8, 4) is 0 Å². The van der Waals surface area contributed by atoms with Crippen molar-refractivity contribution in [1.29, 1.82) is 0 Å². The molecule has 0 spiro atoms. The number of carbonyl (C=O) groups is 1. The first kappa shape index (κ1) is 13.4. The van der Waals surface area contributed by atoms with Gasteiger partial charge in [-0.2, -0.15) is 0 Å². The molecule has 0 saturated carbocycles. The van der Waals surface area contributed by atoms with E-state index in [-0.39, 0.29) is 17.1 Å². The SMILES string of the molecule is CC(NC(=O)c1cc(Cl)ncc1N)c1ccccc1. The Hall–Kier alpha value is -2.07. The van der Waals surface area contributed by atoms with Crippen LogP contribution < -0.4 is 11.1 Å². The lowest BCUT2D eigenvalue weighted by Crippen LogP contribution is -2.27. The fourth-order valence-corrected chi connectivity index (χ4v) is 1.89. The van der Waals surface area contributed by atoms with Crippen LogP contribution in [0, 0.1) is 0 Å². The number of carbonyl (C=O) groups excluding carboxylic acids is 1. The molecule has 4 nitrogen and oxygen atoms in total. The summed E-state index contributed by atoms with van der Waals surface area (Å²) in [5.41, 5.74) is 7.39. The average Bonchev–Trinajstić information content (AvgIpc) is 2.42. The molecule has 0 bridgehead atoms. The Bertz CT molecular complexity index is 586. The molecular weight excluding hydrogens is 262 g/mol. The van der Waals surface area contributed by atoms with Crippen LogP contribution in [0.3, 0.4) is 0 Å². The molecule has 0 aliphatic heterocycles. The first-order chi connectivity index (χ1) is 9.08. The average molecular weight is 276 g/mol. The van der Waals surface area contributed by atoms with Gasteiger partial charge in [-0.25, -0.2) is 4.98 Å². The zero-order valence-electron chi connectivity index (χ0n) is 10.4. The largest absolute Gasteiger partial charge is 0.397 e. The summed E-state index contributed by atoms with van der Waals surface area (Å²) in [4.78, 5) is 15.9. The predicted octanol–water partition coefficient (Wildman–Crippen LogP) is 2.81. The topological polar surface area (TPSA) is 68.0 Å². The Labute approximate surface area is 116 Å². The van der Waals surface area contributed by atoms with Gasteiger partial charge in [0.2, 0.25) is 0 Å². The van der Waals surface area contributed by atoms with Crippen molar-refractivity contribution in [1.82, 2.24) is 10.3 Å². The number of aromatic nitrogens is 1. The van der Waals surface area contributed by atoms with Gasteiger partial charge in [0.05, 0.1) is 23.5 Å². The number of nitrogens with zero attached hydrogens (tertiary/aromatic N) is 1. The maximum absolute atomic E-state index is 12.1. The minimum atomic E-state index is -0.266. The van der Waals surface area contributed by atoms with Crippen molar-refractivity contribution in [3.05, 3.63) is 58.9 Å². The van der Waals surface area contributed by atoms with Gasteiger partial charge in [0.1, 0.15) is 5.15 Å². The van der Waals surface area contributed by atoms with Gasteiger partial charge in [0.15, 0.2) is 0 Å². The number of anilines is 1. The van der Waals surface area contributed by atoms with E-state index in [2.05, 4.69) is 10.3 Å². The minimum Gasteiger partial charge on any atom is -0.397 e. The molecular formula is C14H14ClN3O. The van der Waals surface area contributed by atoms with Crippen LogP contribution in [0.4, 0.5) is 5.69 Å². The lowest BCUT2D eigenvalue weighted by atomic mass is 10.1. The molecule has 2 aromatic rings. The zero-order valence-corrected chi connectivity index (χ0v) is 11.2. The van der Waals surface area contributed by atoms with Crippen molar-refractivity contribution < 1.29 is 4.79 Å². The summed E-state index contributed by atoms with van der Waals surface area (Å²) in [7, 11) is 0. The zero-order chi connectivity index (χ0) is 13.8. The molecule has 19 heavy (non-hydrogen) atoms. The number of halogens is 1. The van der Waals surface area contributed by atoms with E-state index in [0.717, 1.165) is 5.56 Å². The summed E-state index contributed by atoms with van der Waals surface area (Å²) in [6.07, 6.45) is 1.38. The van der Waals surface area contributed by atoms with Crippen LogP contribution in [0.25, 0.3) is 0 Å². The van der Waals surface area contributed by atoms with Crippen LogP contribution in [0.5, 0.6) is 0 Å². The van der Waals surface area contributed by atoms with Gasteiger partial charge in [0.25, 0.3) is 5.91 Å². The molecule has 2 rings (SSSR count). The molecule has 0 saturated heterocycles. The van der Waals surface area contributed by atoms with Crippen molar-refractivity contribution in [2.75, 3.05) is 5.73 Å². The summed E-state index contributed by atoms with van der Waals surface area (Å²) < 4.78 is 0. The number of hydrogen-bond donors (Lipinski definition) is 2. The maximum Gasteiger partial charge on any atom is 0.254 e. The molecule has 1 aromatic heterocycles. The molecule has 1 unspecified atom stereocenters. The van der Waals surface area contributed by atoms with Crippen LogP contribution >= 0.6 is 11.6 Å². The summed E-state index contributed by atoms with van der Waals surface area (Å²) >= 11 is 5.77. The van der Waals surface area contributed by atoms with Gasteiger partial charge in [-0.1, -0.05) is 41.9 Å². The van der Waals surface area contributed by atoms with Gasteiger partial charge in [-0.3, -0.25) is 4.79 Å². The highest BCUT2D eigenvalue weighted by atomic mass is 35.5. The van der Waals surface area contributed by atoms with Crippen LogP contribution in [0.1, 0.15) is 28.9 Å². The third-order valence-corrected chi connectivity index (χ3v) is 3.00. The molecule has 5 heteroatoms. The second-order valence-electron chi connectivity index (χ2n) is 4.20. The van der Waals surface area contributed by atoms with Crippen molar-refractivity contribution in [2.24, 2.45) is 0 Å². The summed E-state index contributed by atoms with van der Waals surface area (Å²) in [5, 5.41) is 3.12. The quantitative estimate of drug-likeness (QED) is 0.847. The number of rotatable bonds is 3. The highest BCUT2D eigenvalue weighted by Gasteiger charge is 2.14. The van der Waals surface area contributed by atoms with E-state index in [1.165, 1.54) is 12.3 Å². The predicted molar refractivity (Wildman–Crippen MR) is 76.0 cm³/mol. The Balaban J connectivity index is 2.15. The molecule has 3 N–H and O–H groups in total. The van der Waals surface area contributed by atoms with Gasteiger partial charge >= 0.3 is 0 Å². The second kappa shape index (κ2) is 5.71. The van der Waals surface area contributed by atoms with Gasteiger partial charge in [-0.15, -0.1) is 0 Å². The number of nitrogen functional groups attached to an aromatic ring is 1.